The summed E-state index contributed by atoms with van der Waals surface area (Å²) in [6, 6.07) is 29.2. The maximum atomic E-state index is 5.37. The first kappa shape index (κ1) is 15.5. The van der Waals surface area contributed by atoms with Gasteiger partial charge in [-0.05, 0) is 29.8 Å². The fourth-order valence-corrected chi connectivity index (χ4v) is 3.24. The Morgan fingerprint density at radius 3 is 2.32 bits per heavy atom. The van der Waals surface area contributed by atoms with E-state index in [4.69, 9.17) is 9.84 Å². The van der Waals surface area contributed by atoms with Gasteiger partial charge in [0.2, 0.25) is 0 Å². The second-order valence-corrected chi connectivity index (χ2v) is 6.09. The molecule has 25 heavy (non-hydrogen) atoms. The summed E-state index contributed by atoms with van der Waals surface area (Å²) < 4.78 is 5.37. The molecule has 3 heteroatoms. The second-order valence-electron chi connectivity index (χ2n) is 6.09. The van der Waals surface area contributed by atoms with E-state index >= 15 is 0 Å². The maximum absolute atomic E-state index is 5.37. The number of rotatable bonds is 4. The molecule has 4 rings (SSSR count). The summed E-state index contributed by atoms with van der Waals surface area (Å²) in [6.07, 6.45) is 0.867. The SMILES string of the molecule is COc1cccc(C2=NN(c3ccccc3)C(c3ccccc3)C2)c1. The van der Waals surface area contributed by atoms with Gasteiger partial charge in [0, 0.05) is 12.0 Å². The minimum Gasteiger partial charge on any atom is -0.497 e. The maximum Gasteiger partial charge on any atom is 0.119 e. The van der Waals surface area contributed by atoms with Crippen molar-refractivity contribution in [3.8, 4) is 5.75 Å². The largest absolute Gasteiger partial charge is 0.497 e. The Kier molecular flexibility index (Phi) is 4.21. The average Bonchev–Trinajstić information content (AvgIpc) is 3.15. The van der Waals surface area contributed by atoms with Crippen LogP contribution in [0.15, 0.2) is 90.0 Å². The van der Waals surface area contributed by atoms with Crippen molar-refractivity contribution in [3.63, 3.8) is 0 Å². The number of benzene rings is 3. The van der Waals surface area contributed by atoms with Crippen LogP contribution in [0, 0.1) is 0 Å². The van der Waals surface area contributed by atoms with E-state index in [1.807, 2.05) is 18.2 Å². The van der Waals surface area contributed by atoms with E-state index < -0.39 is 0 Å². The minimum absolute atomic E-state index is 0.199. The molecule has 0 saturated carbocycles. The van der Waals surface area contributed by atoms with Gasteiger partial charge in [-0.1, -0.05) is 60.7 Å². The van der Waals surface area contributed by atoms with Crippen LogP contribution in [0.2, 0.25) is 0 Å². The van der Waals surface area contributed by atoms with Crippen molar-refractivity contribution in [1.29, 1.82) is 0 Å². The topological polar surface area (TPSA) is 24.8 Å². The fraction of sp³-hybridized carbons (Fsp3) is 0.136. The number of methoxy groups -OCH3 is 1. The average molecular weight is 328 g/mol. The van der Waals surface area contributed by atoms with Crippen LogP contribution >= 0.6 is 0 Å². The quantitative estimate of drug-likeness (QED) is 0.669. The molecule has 0 radical (unpaired) electrons. The monoisotopic (exact) mass is 328 g/mol. The molecule has 1 aliphatic heterocycles. The molecule has 0 saturated heterocycles. The Morgan fingerprint density at radius 2 is 1.60 bits per heavy atom. The summed E-state index contributed by atoms with van der Waals surface area (Å²) in [7, 11) is 1.69. The van der Waals surface area contributed by atoms with Gasteiger partial charge in [-0.25, -0.2) is 0 Å². The van der Waals surface area contributed by atoms with Crippen LogP contribution in [-0.4, -0.2) is 12.8 Å². The van der Waals surface area contributed by atoms with Crippen LogP contribution in [0.4, 0.5) is 5.69 Å². The van der Waals surface area contributed by atoms with E-state index in [1.165, 1.54) is 5.56 Å². The van der Waals surface area contributed by atoms with E-state index in [9.17, 15) is 0 Å². The van der Waals surface area contributed by atoms with Gasteiger partial charge in [-0.3, -0.25) is 5.01 Å². The van der Waals surface area contributed by atoms with Crippen LogP contribution in [0.25, 0.3) is 0 Å². The highest BCUT2D eigenvalue weighted by Gasteiger charge is 2.29. The van der Waals surface area contributed by atoms with Gasteiger partial charge < -0.3 is 4.74 Å². The molecule has 124 valence electrons. The van der Waals surface area contributed by atoms with Crippen LogP contribution in [0.3, 0.4) is 0 Å². The number of para-hydroxylation sites is 1. The highest BCUT2D eigenvalue weighted by atomic mass is 16.5. The van der Waals surface area contributed by atoms with Crippen LogP contribution in [0.5, 0.6) is 5.75 Å². The highest BCUT2D eigenvalue weighted by Crippen LogP contribution is 2.36. The van der Waals surface area contributed by atoms with Crippen molar-refractivity contribution in [3.05, 3.63) is 96.1 Å². The van der Waals surface area contributed by atoms with Gasteiger partial charge in [0.05, 0.1) is 24.6 Å². The fourth-order valence-electron chi connectivity index (χ4n) is 3.24. The smallest absolute Gasteiger partial charge is 0.119 e. The zero-order chi connectivity index (χ0) is 17.1. The predicted molar refractivity (Wildman–Crippen MR) is 102 cm³/mol. The number of anilines is 1. The number of nitrogens with zero attached hydrogens (tertiary/aromatic N) is 2. The first-order valence-electron chi connectivity index (χ1n) is 8.46. The standard InChI is InChI=1S/C22H20N2O/c1-25-20-14-8-11-18(15-20)21-16-22(17-9-4-2-5-10-17)24(23-21)19-12-6-3-7-13-19/h2-15,22H,16H2,1H3. The molecule has 3 nitrogen and oxygen atoms in total. The zero-order valence-electron chi connectivity index (χ0n) is 14.2. The summed E-state index contributed by atoms with van der Waals surface area (Å²) in [4.78, 5) is 0. The van der Waals surface area contributed by atoms with E-state index in [1.54, 1.807) is 7.11 Å². The number of ether oxygens (including phenoxy) is 1. The predicted octanol–water partition coefficient (Wildman–Crippen LogP) is 5.05. The third-order valence-corrected chi connectivity index (χ3v) is 4.52. The Balaban J connectivity index is 1.74. The number of hydrogen-bond acceptors (Lipinski definition) is 3. The van der Waals surface area contributed by atoms with Gasteiger partial charge in [0.25, 0.3) is 0 Å². The Labute approximate surface area is 148 Å². The molecule has 0 aliphatic carbocycles. The van der Waals surface area contributed by atoms with Crippen molar-refractivity contribution >= 4 is 11.4 Å². The molecule has 0 fully saturated rings. The van der Waals surface area contributed by atoms with Crippen LogP contribution in [0.1, 0.15) is 23.6 Å². The van der Waals surface area contributed by atoms with Crippen molar-refractivity contribution in [2.24, 2.45) is 5.10 Å². The molecule has 1 atom stereocenters. The molecule has 3 aromatic carbocycles. The van der Waals surface area contributed by atoms with Crippen LogP contribution in [-0.2, 0) is 0 Å². The summed E-state index contributed by atoms with van der Waals surface area (Å²) in [5.74, 6) is 0.856. The van der Waals surface area contributed by atoms with Gasteiger partial charge >= 0.3 is 0 Å². The minimum atomic E-state index is 0.199. The highest BCUT2D eigenvalue weighted by molar-refractivity contribution is 6.03. The lowest BCUT2D eigenvalue weighted by Crippen LogP contribution is -2.18. The lowest BCUT2D eigenvalue weighted by atomic mass is 9.98. The van der Waals surface area contributed by atoms with Crippen molar-refractivity contribution in [2.75, 3.05) is 12.1 Å². The molecule has 0 spiro atoms. The van der Waals surface area contributed by atoms with Gasteiger partial charge in [-0.2, -0.15) is 5.10 Å². The summed E-state index contributed by atoms with van der Waals surface area (Å²) in [6.45, 7) is 0. The molecule has 0 bridgehead atoms. The molecule has 1 aliphatic rings. The second kappa shape index (κ2) is 6.81. The summed E-state index contributed by atoms with van der Waals surface area (Å²) in [5.41, 5.74) is 4.57. The summed E-state index contributed by atoms with van der Waals surface area (Å²) in [5, 5.41) is 7.09. The van der Waals surface area contributed by atoms with Gasteiger partial charge in [0.15, 0.2) is 0 Å². The van der Waals surface area contributed by atoms with Gasteiger partial charge in [0.1, 0.15) is 5.75 Å². The molecule has 0 aromatic heterocycles. The third kappa shape index (κ3) is 3.13. The van der Waals surface area contributed by atoms with Gasteiger partial charge in [-0.15, -0.1) is 0 Å². The molecule has 1 heterocycles. The Bertz CT molecular complexity index is 875. The number of hydrogen-bond donors (Lipinski definition) is 0. The van der Waals surface area contributed by atoms with E-state index in [-0.39, 0.29) is 6.04 Å². The lowest BCUT2D eigenvalue weighted by Gasteiger charge is -2.23. The molecule has 3 aromatic rings. The van der Waals surface area contributed by atoms with Crippen molar-refractivity contribution in [1.82, 2.24) is 0 Å². The number of hydrazone groups is 1. The first-order chi connectivity index (χ1) is 12.3. The normalized spacial score (nSPS) is 16.6. The Morgan fingerprint density at radius 1 is 0.880 bits per heavy atom. The Hall–Kier alpha value is -3.07. The molecule has 0 N–H and O–H groups in total. The van der Waals surface area contributed by atoms with Crippen LogP contribution < -0.4 is 9.75 Å². The molecule has 0 amide bonds. The molecular formula is C22H20N2O. The summed E-state index contributed by atoms with van der Waals surface area (Å²) >= 11 is 0. The van der Waals surface area contributed by atoms with E-state index in [0.29, 0.717) is 0 Å². The van der Waals surface area contributed by atoms with E-state index in [0.717, 1.165) is 29.1 Å². The van der Waals surface area contributed by atoms with Crippen molar-refractivity contribution in [2.45, 2.75) is 12.5 Å². The third-order valence-electron chi connectivity index (χ3n) is 4.52. The van der Waals surface area contributed by atoms with E-state index in [2.05, 4.69) is 71.7 Å². The zero-order valence-corrected chi connectivity index (χ0v) is 14.2. The molecule has 1 unspecified atom stereocenters. The first-order valence-corrected chi connectivity index (χ1v) is 8.46. The molecular weight excluding hydrogens is 308 g/mol. The van der Waals surface area contributed by atoms with Crippen molar-refractivity contribution < 1.29 is 4.74 Å². The lowest BCUT2D eigenvalue weighted by molar-refractivity contribution is 0.414.